The molecule has 0 aliphatic heterocycles. The Labute approximate surface area is 310 Å². The van der Waals surface area contributed by atoms with E-state index in [0.29, 0.717) is 5.69 Å². The minimum atomic E-state index is -0.621. The lowest BCUT2D eigenvalue weighted by Gasteiger charge is -2.26. The first kappa shape index (κ1) is 20.6. The molecule has 0 amide bonds. The van der Waals surface area contributed by atoms with Crippen LogP contribution >= 0.6 is 0 Å². The van der Waals surface area contributed by atoms with Crippen LogP contribution in [0.4, 0.5) is 17.1 Å². The van der Waals surface area contributed by atoms with Crippen LogP contribution in [-0.4, -0.2) is 9.13 Å². The molecule has 10 aromatic rings. The summed E-state index contributed by atoms with van der Waals surface area (Å²) in [5.74, 6) is 0. The van der Waals surface area contributed by atoms with Gasteiger partial charge in [0.15, 0.2) is 0 Å². The van der Waals surface area contributed by atoms with E-state index < -0.39 is 60.4 Å². The molecule has 0 unspecified atom stereocenters. The van der Waals surface area contributed by atoms with Crippen molar-refractivity contribution in [3.8, 4) is 22.5 Å². The summed E-state index contributed by atoms with van der Waals surface area (Å²) in [5, 5.41) is 4.26. The fraction of sp³-hybridized carbons (Fsp3) is 0. The van der Waals surface area contributed by atoms with Crippen LogP contribution in [0.2, 0.25) is 0 Å². The van der Waals surface area contributed by atoms with Gasteiger partial charge in [-0.25, -0.2) is 0 Å². The molecule has 8 aromatic carbocycles. The molecular weight excluding hydrogens is 619 g/mol. The van der Waals surface area contributed by atoms with Crippen molar-refractivity contribution in [1.29, 1.82) is 0 Å². The number of para-hydroxylation sites is 5. The molecule has 0 bridgehead atoms. The Hall–Kier alpha value is -6.84. The summed E-state index contributed by atoms with van der Waals surface area (Å²) in [6.45, 7) is 0. The Morgan fingerprint density at radius 1 is 0.353 bits per heavy atom. The molecule has 0 aliphatic carbocycles. The zero-order valence-corrected chi connectivity index (χ0v) is 27.1. The zero-order chi connectivity index (χ0) is 42.4. The fourth-order valence-corrected chi connectivity index (χ4v) is 7.29. The van der Waals surface area contributed by atoms with E-state index in [9.17, 15) is 0 Å². The van der Waals surface area contributed by atoms with Gasteiger partial charge in [-0.15, -0.1) is 0 Å². The number of anilines is 3. The number of rotatable bonds is 6. The highest BCUT2D eigenvalue weighted by atomic mass is 15.1. The maximum absolute atomic E-state index is 8.91. The lowest BCUT2D eigenvalue weighted by molar-refractivity contribution is 1.17. The average Bonchev–Trinajstić information content (AvgIpc) is 3.81. The third-order valence-electron chi connectivity index (χ3n) is 9.46. The van der Waals surface area contributed by atoms with Crippen molar-refractivity contribution in [3.63, 3.8) is 0 Å². The van der Waals surface area contributed by atoms with Crippen molar-refractivity contribution < 1.29 is 13.7 Å². The Balaban J connectivity index is 1.17. The molecule has 2 heterocycles. The molecule has 0 radical (unpaired) electrons. The number of aromatic nitrogens is 2. The van der Waals surface area contributed by atoms with Gasteiger partial charge in [-0.05, 0) is 102 Å². The van der Waals surface area contributed by atoms with E-state index in [1.807, 2.05) is 42.5 Å². The second-order valence-electron chi connectivity index (χ2n) is 12.3. The number of fused-ring (bicyclic) bond motifs is 6. The highest BCUT2D eigenvalue weighted by Gasteiger charge is 2.18. The van der Waals surface area contributed by atoms with E-state index in [-0.39, 0.29) is 17.1 Å². The van der Waals surface area contributed by atoms with Crippen molar-refractivity contribution in [1.82, 2.24) is 9.13 Å². The van der Waals surface area contributed by atoms with Crippen LogP contribution in [0.3, 0.4) is 0 Å². The van der Waals surface area contributed by atoms with Crippen molar-refractivity contribution in [3.05, 3.63) is 200 Å². The molecule has 0 atom stereocenters. The summed E-state index contributed by atoms with van der Waals surface area (Å²) in [6, 6.07) is 40.6. The Bertz CT molecular complexity index is 3320. The van der Waals surface area contributed by atoms with Crippen LogP contribution in [0, 0.1) is 0 Å². The maximum Gasteiger partial charge on any atom is 0.0645 e. The van der Waals surface area contributed by atoms with E-state index in [1.54, 1.807) is 18.2 Å². The highest BCUT2D eigenvalue weighted by molar-refractivity contribution is 6.12. The topological polar surface area (TPSA) is 13.1 Å². The lowest BCUT2D eigenvalue weighted by Crippen LogP contribution is -2.10. The van der Waals surface area contributed by atoms with Gasteiger partial charge in [0.25, 0.3) is 0 Å². The predicted octanol–water partition coefficient (Wildman–Crippen LogP) is 13.0. The number of hydrogen-bond acceptors (Lipinski definition) is 1. The molecule has 0 fully saturated rings. The van der Waals surface area contributed by atoms with E-state index in [4.69, 9.17) is 13.7 Å². The molecule has 0 aliphatic rings. The number of nitrogens with zero attached hydrogens (tertiary/aromatic N) is 3. The Morgan fingerprint density at radius 2 is 0.824 bits per heavy atom. The monoisotopic (exact) mass is 661 g/mol. The predicted molar refractivity (Wildman–Crippen MR) is 215 cm³/mol. The standard InChI is InChI=1S/C48H33N3/c1-4-15-36(16-5-1)49(37-17-6-2-7-18-37)39-21-14-22-40(33-39)51-46-26-13-11-24-42(46)44-32-35(28-30-48(44)51)34-27-29-47-43(31-34)41-23-10-12-25-45(41)50(47)38-19-8-3-9-20-38/h1-33H/i1D,2D,4D,5D,6D,7D,15D,16D,17D,18D. The van der Waals surface area contributed by atoms with Crippen molar-refractivity contribution >= 4 is 60.7 Å². The van der Waals surface area contributed by atoms with Gasteiger partial charge in [-0.1, -0.05) is 109 Å². The van der Waals surface area contributed by atoms with Gasteiger partial charge in [0, 0.05) is 50.0 Å². The summed E-state index contributed by atoms with van der Waals surface area (Å²) >= 11 is 0. The van der Waals surface area contributed by atoms with Gasteiger partial charge in [0.1, 0.15) is 0 Å². The molecule has 0 saturated carbocycles. The molecule has 3 nitrogen and oxygen atoms in total. The van der Waals surface area contributed by atoms with Gasteiger partial charge in [0.2, 0.25) is 0 Å². The number of hydrogen-bond donors (Lipinski definition) is 0. The summed E-state index contributed by atoms with van der Waals surface area (Å²) < 4.78 is 90.3. The first-order valence-corrected chi connectivity index (χ1v) is 16.6. The molecule has 3 heteroatoms. The molecule has 10 rings (SSSR count). The van der Waals surface area contributed by atoms with Crippen molar-refractivity contribution in [2.45, 2.75) is 0 Å². The van der Waals surface area contributed by atoms with Crippen LogP contribution < -0.4 is 4.90 Å². The first-order chi connectivity index (χ1) is 29.5. The molecule has 0 N–H and O–H groups in total. The normalized spacial score (nSPS) is 14.3. The number of benzene rings is 8. The van der Waals surface area contributed by atoms with Crippen LogP contribution in [0.5, 0.6) is 0 Å². The maximum atomic E-state index is 8.91. The van der Waals surface area contributed by atoms with Gasteiger partial charge in [-0.3, -0.25) is 0 Å². The van der Waals surface area contributed by atoms with E-state index >= 15 is 0 Å². The SMILES string of the molecule is [2H]c1c([2H])c([2H])c(N(c2cccc(-n3c4ccccc4c4cc(-c5ccc6c(c5)c5ccccc5n6-c5ccccc5)ccc43)c2)c2c([2H])c([2H])c([2H])c([2H])c2[2H])c([2H])c1[2H]. The van der Waals surface area contributed by atoms with E-state index in [0.717, 1.165) is 60.4 Å². The third-order valence-corrected chi connectivity index (χ3v) is 9.46. The van der Waals surface area contributed by atoms with E-state index in [1.165, 1.54) is 4.90 Å². The van der Waals surface area contributed by atoms with Crippen molar-refractivity contribution in [2.24, 2.45) is 0 Å². The Kier molecular flexibility index (Phi) is 4.83. The van der Waals surface area contributed by atoms with Crippen LogP contribution in [0.15, 0.2) is 200 Å². The molecule has 0 spiro atoms. The van der Waals surface area contributed by atoms with Crippen LogP contribution in [-0.2, 0) is 0 Å². The van der Waals surface area contributed by atoms with Gasteiger partial charge < -0.3 is 14.0 Å². The van der Waals surface area contributed by atoms with Crippen LogP contribution in [0.1, 0.15) is 13.7 Å². The lowest BCUT2D eigenvalue weighted by atomic mass is 10.0. The minimum absolute atomic E-state index is 0.222. The zero-order valence-electron chi connectivity index (χ0n) is 37.1. The Morgan fingerprint density at radius 3 is 1.39 bits per heavy atom. The largest absolute Gasteiger partial charge is 0.310 e. The molecular formula is C48H33N3. The first-order valence-electron chi connectivity index (χ1n) is 21.6. The molecule has 0 saturated heterocycles. The van der Waals surface area contributed by atoms with E-state index in [2.05, 4.69) is 88.0 Å². The van der Waals surface area contributed by atoms with Crippen LogP contribution in [0.25, 0.3) is 66.1 Å². The average molecular weight is 662 g/mol. The summed E-state index contributed by atoms with van der Waals surface area (Å²) in [4.78, 5) is 1.18. The molecule has 51 heavy (non-hydrogen) atoms. The molecule has 240 valence electrons. The quantitative estimate of drug-likeness (QED) is 0.173. The van der Waals surface area contributed by atoms with Crippen molar-refractivity contribution in [2.75, 3.05) is 4.90 Å². The van der Waals surface area contributed by atoms with Gasteiger partial charge in [-0.2, -0.15) is 0 Å². The van der Waals surface area contributed by atoms with Gasteiger partial charge >= 0.3 is 0 Å². The smallest absolute Gasteiger partial charge is 0.0645 e. The second kappa shape index (κ2) is 11.9. The second-order valence-corrected chi connectivity index (χ2v) is 12.3. The van der Waals surface area contributed by atoms with Gasteiger partial charge in [0.05, 0.1) is 35.8 Å². The summed E-state index contributed by atoms with van der Waals surface area (Å²) in [5.41, 5.74) is 7.31. The highest BCUT2D eigenvalue weighted by Crippen LogP contribution is 2.40. The third kappa shape index (κ3) is 4.82. The summed E-state index contributed by atoms with van der Waals surface area (Å²) in [6.07, 6.45) is 0. The fourth-order valence-electron chi connectivity index (χ4n) is 7.29. The summed E-state index contributed by atoms with van der Waals surface area (Å²) in [7, 11) is 0. The molecule has 2 aromatic heterocycles. The minimum Gasteiger partial charge on any atom is -0.310 e.